The molecule has 4 rings (SSSR count). The molecular formula is C18H17N3O4. The largest absolute Gasteiger partial charge is 0.484 e. The molecule has 7 heteroatoms. The second kappa shape index (κ2) is 6.08. The number of aromatic amines is 1. The molecule has 3 heterocycles. The second-order valence-corrected chi connectivity index (χ2v) is 5.87. The molecule has 0 unspecified atom stereocenters. The van der Waals surface area contributed by atoms with Crippen molar-refractivity contribution in [3.8, 4) is 5.75 Å². The Bertz CT molecular complexity index is 1000. The number of aromatic nitrogens is 3. The van der Waals surface area contributed by atoms with Crippen LogP contribution in [-0.4, -0.2) is 27.2 Å². The minimum atomic E-state index is -0.546. The van der Waals surface area contributed by atoms with Crippen molar-refractivity contribution in [2.24, 2.45) is 0 Å². The maximum absolute atomic E-state index is 12.4. The van der Waals surface area contributed by atoms with E-state index in [-0.39, 0.29) is 24.0 Å². The number of nitrogens with zero attached hydrogens (tertiary/aromatic N) is 2. The topological polar surface area (TPSA) is 85.7 Å². The first-order chi connectivity index (χ1) is 12.2. The Balaban J connectivity index is 1.69. The van der Waals surface area contributed by atoms with Gasteiger partial charge in [0.25, 0.3) is 5.56 Å². The second-order valence-electron chi connectivity index (χ2n) is 5.87. The normalized spacial score (nSPS) is 16.3. The molecule has 0 fully saturated rings. The van der Waals surface area contributed by atoms with E-state index in [1.807, 2.05) is 24.3 Å². The van der Waals surface area contributed by atoms with Gasteiger partial charge in [0, 0.05) is 6.07 Å². The van der Waals surface area contributed by atoms with E-state index in [2.05, 4.69) is 10.1 Å². The Morgan fingerprint density at radius 3 is 3.12 bits per heavy atom. The van der Waals surface area contributed by atoms with Crippen molar-refractivity contribution >= 4 is 11.5 Å². The van der Waals surface area contributed by atoms with Crippen LogP contribution in [0.4, 0.5) is 0 Å². The van der Waals surface area contributed by atoms with E-state index in [1.165, 1.54) is 10.6 Å². The summed E-state index contributed by atoms with van der Waals surface area (Å²) in [5, 5.41) is 4.16. The highest BCUT2D eigenvalue weighted by molar-refractivity contribution is 5.88. The van der Waals surface area contributed by atoms with Gasteiger partial charge in [-0.15, -0.1) is 0 Å². The molecule has 25 heavy (non-hydrogen) atoms. The van der Waals surface area contributed by atoms with Crippen molar-refractivity contribution in [1.82, 2.24) is 14.6 Å². The van der Waals surface area contributed by atoms with Gasteiger partial charge in [-0.3, -0.25) is 4.79 Å². The summed E-state index contributed by atoms with van der Waals surface area (Å²) in [6, 6.07) is 9.29. The van der Waals surface area contributed by atoms with Crippen LogP contribution in [0.5, 0.6) is 5.75 Å². The van der Waals surface area contributed by atoms with Crippen LogP contribution >= 0.6 is 0 Å². The van der Waals surface area contributed by atoms with Gasteiger partial charge in [0.05, 0.1) is 18.5 Å². The number of para-hydroxylation sites is 1. The number of rotatable bonds is 3. The molecule has 0 aliphatic carbocycles. The van der Waals surface area contributed by atoms with E-state index in [0.717, 1.165) is 24.2 Å². The van der Waals surface area contributed by atoms with Gasteiger partial charge in [-0.2, -0.15) is 5.10 Å². The molecule has 0 saturated heterocycles. The van der Waals surface area contributed by atoms with Crippen molar-refractivity contribution < 1.29 is 14.3 Å². The number of nitrogens with one attached hydrogen (secondary N) is 1. The average Bonchev–Trinajstić information content (AvgIpc) is 3.06. The number of hydrogen-bond acceptors (Lipinski definition) is 5. The fraction of sp³-hybridized carbons (Fsp3) is 0.278. The lowest BCUT2D eigenvalue weighted by molar-refractivity contribution is 0.0519. The first kappa shape index (κ1) is 15.4. The fourth-order valence-electron chi connectivity index (χ4n) is 3.03. The van der Waals surface area contributed by atoms with Crippen LogP contribution < -0.4 is 10.3 Å². The van der Waals surface area contributed by atoms with E-state index < -0.39 is 5.97 Å². The molecule has 1 aliphatic rings. The third kappa shape index (κ3) is 2.77. The van der Waals surface area contributed by atoms with Crippen molar-refractivity contribution in [3.05, 3.63) is 63.8 Å². The molecule has 0 saturated carbocycles. The van der Waals surface area contributed by atoms with Crippen LogP contribution in [0.2, 0.25) is 0 Å². The van der Waals surface area contributed by atoms with Crippen molar-refractivity contribution in [1.29, 1.82) is 0 Å². The zero-order valence-corrected chi connectivity index (χ0v) is 13.7. The number of esters is 1. The molecular weight excluding hydrogens is 322 g/mol. The number of benzene rings is 1. The smallest absolute Gasteiger partial charge is 0.358 e. The predicted molar refractivity (Wildman–Crippen MR) is 89.9 cm³/mol. The molecule has 3 aromatic rings. The number of carbonyl (C=O) groups excluding carboxylic acids is 1. The molecule has 7 nitrogen and oxygen atoms in total. The maximum atomic E-state index is 12.4. The molecule has 0 amide bonds. The Morgan fingerprint density at radius 2 is 2.28 bits per heavy atom. The number of H-pyrrole nitrogens is 1. The SMILES string of the molecule is CCOC(=O)c1cc2c(=O)[nH]c([C@H]3CCc4ccccc4O3)cn2n1. The van der Waals surface area contributed by atoms with Crippen molar-refractivity contribution in [2.75, 3.05) is 6.61 Å². The molecule has 0 radical (unpaired) electrons. The number of aryl methyl sites for hydroxylation is 1. The van der Waals surface area contributed by atoms with Gasteiger partial charge in [-0.05, 0) is 31.4 Å². The van der Waals surface area contributed by atoms with Gasteiger partial charge >= 0.3 is 5.97 Å². The molecule has 1 atom stereocenters. The molecule has 2 aromatic heterocycles. The minimum absolute atomic E-state index is 0.111. The molecule has 1 aromatic carbocycles. The summed E-state index contributed by atoms with van der Waals surface area (Å²) in [5.41, 5.74) is 1.88. The molecule has 1 N–H and O–H groups in total. The number of hydrogen-bond donors (Lipinski definition) is 1. The maximum Gasteiger partial charge on any atom is 0.358 e. The third-order valence-electron chi connectivity index (χ3n) is 4.24. The van der Waals surface area contributed by atoms with Crippen LogP contribution in [-0.2, 0) is 11.2 Å². The lowest BCUT2D eigenvalue weighted by atomic mass is 10.0. The van der Waals surface area contributed by atoms with Crippen LogP contribution in [0, 0.1) is 0 Å². The quantitative estimate of drug-likeness (QED) is 0.740. The summed E-state index contributed by atoms with van der Waals surface area (Å²) in [5.74, 6) is 0.280. The Labute approximate surface area is 143 Å². The van der Waals surface area contributed by atoms with Crippen LogP contribution in [0.25, 0.3) is 5.52 Å². The Hall–Kier alpha value is -3.09. The van der Waals surface area contributed by atoms with Crippen LogP contribution in [0.15, 0.2) is 41.3 Å². The summed E-state index contributed by atoms with van der Waals surface area (Å²) in [6.07, 6.45) is 3.05. The summed E-state index contributed by atoms with van der Waals surface area (Å²) < 4.78 is 12.4. The average molecular weight is 339 g/mol. The third-order valence-corrected chi connectivity index (χ3v) is 4.24. The van der Waals surface area contributed by atoms with Crippen LogP contribution in [0.1, 0.15) is 41.2 Å². The van der Waals surface area contributed by atoms with Gasteiger partial charge in [0.15, 0.2) is 5.69 Å². The van der Waals surface area contributed by atoms with Gasteiger partial charge < -0.3 is 14.5 Å². The van der Waals surface area contributed by atoms with Crippen LogP contribution in [0.3, 0.4) is 0 Å². The minimum Gasteiger partial charge on any atom is -0.484 e. The van der Waals surface area contributed by atoms with Crippen molar-refractivity contribution in [3.63, 3.8) is 0 Å². The predicted octanol–water partition coefficient (Wildman–Crippen LogP) is 2.27. The Kier molecular flexibility index (Phi) is 3.76. The summed E-state index contributed by atoms with van der Waals surface area (Å²) >= 11 is 0. The summed E-state index contributed by atoms with van der Waals surface area (Å²) in [4.78, 5) is 27.0. The number of fused-ring (bicyclic) bond motifs is 2. The van der Waals surface area contributed by atoms with Crippen molar-refractivity contribution in [2.45, 2.75) is 25.9 Å². The molecule has 128 valence electrons. The summed E-state index contributed by atoms with van der Waals surface area (Å²) in [7, 11) is 0. The fourth-order valence-corrected chi connectivity index (χ4v) is 3.03. The molecule has 0 bridgehead atoms. The van der Waals surface area contributed by atoms with E-state index in [4.69, 9.17) is 9.47 Å². The van der Waals surface area contributed by atoms with Gasteiger partial charge in [-0.25, -0.2) is 9.31 Å². The van der Waals surface area contributed by atoms with E-state index >= 15 is 0 Å². The highest BCUT2D eigenvalue weighted by Crippen LogP contribution is 2.33. The summed E-state index contributed by atoms with van der Waals surface area (Å²) in [6.45, 7) is 1.97. The molecule has 1 aliphatic heterocycles. The van der Waals surface area contributed by atoms with E-state index in [9.17, 15) is 9.59 Å². The standard InChI is InChI=1S/C18H17N3O4/c1-2-24-18(23)12-9-14-17(22)19-13(10-21(14)20-12)16-8-7-11-5-3-4-6-15(11)25-16/h3-6,9-10,16H,2,7-8H2,1H3,(H,19,22)/t16-/m1/s1. The number of carbonyl (C=O) groups is 1. The van der Waals surface area contributed by atoms with E-state index in [1.54, 1.807) is 13.1 Å². The zero-order valence-electron chi connectivity index (χ0n) is 13.7. The van der Waals surface area contributed by atoms with Gasteiger partial charge in [-0.1, -0.05) is 18.2 Å². The number of ether oxygens (including phenoxy) is 2. The highest BCUT2D eigenvalue weighted by Gasteiger charge is 2.23. The van der Waals surface area contributed by atoms with Gasteiger partial charge in [0.1, 0.15) is 17.4 Å². The van der Waals surface area contributed by atoms with Gasteiger partial charge in [0.2, 0.25) is 0 Å². The monoisotopic (exact) mass is 339 g/mol. The zero-order chi connectivity index (χ0) is 17.4. The molecule has 0 spiro atoms. The first-order valence-electron chi connectivity index (χ1n) is 8.20. The lowest BCUT2D eigenvalue weighted by Crippen LogP contribution is -2.21. The highest BCUT2D eigenvalue weighted by atomic mass is 16.5. The lowest BCUT2D eigenvalue weighted by Gasteiger charge is -2.25. The van der Waals surface area contributed by atoms with E-state index in [0.29, 0.717) is 11.2 Å². The Morgan fingerprint density at radius 1 is 1.44 bits per heavy atom. The first-order valence-corrected chi connectivity index (χ1v) is 8.20.